The Kier molecular flexibility index (Phi) is 2.41. The fourth-order valence-electron chi connectivity index (χ4n) is 1.33. The lowest BCUT2D eigenvalue weighted by Gasteiger charge is -2.19. The van der Waals surface area contributed by atoms with Gasteiger partial charge in [-0.1, -0.05) is 20.8 Å². The number of nitrogens with one attached hydrogen (secondary N) is 2. The van der Waals surface area contributed by atoms with E-state index in [1.165, 1.54) is 0 Å². The molecule has 0 unspecified atom stereocenters. The van der Waals surface area contributed by atoms with Gasteiger partial charge >= 0.3 is 0 Å². The molecule has 4 N–H and O–H groups in total. The highest BCUT2D eigenvalue weighted by molar-refractivity contribution is 5.83. The number of H-pyrrole nitrogens is 1. The summed E-state index contributed by atoms with van der Waals surface area (Å²) in [6, 6.07) is 0. The predicted octanol–water partition coefficient (Wildman–Crippen LogP) is 1.39. The maximum Gasteiger partial charge on any atom is 0.224 e. The molecular formula is C10H16N6. The van der Waals surface area contributed by atoms with Crippen molar-refractivity contribution in [2.75, 3.05) is 17.6 Å². The van der Waals surface area contributed by atoms with E-state index in [9.17, 15) is 0 Å². The molecule has 0 bridgehead atoms. The molecule has 6 nitrogen and oxygen atoms in total. The van der Waals surface area contributed by atoms with Gasteiger partial charge in [-0.05, 0) is 5.41 Å². The van der Waals surface area contributed by atoms with Gasteiger partial charge in [0.05, 0.1) is 6.33 Å². The molecule has 2 heterocycles. The fourth-order valence-corrected chi connectivity index (χ4v) is 1.33. The number of rotatable bonds is 2. The highest BCUT2D eigenvalue weighted by Crippen LogP contribution is 2.20. The number of aromatic nitrogens is 4. The number of nitrogen functional groups attached to an aromatic ring is 1. The first-order valence-corrected chi connectivity index (χ1v) is 5.16. The van der Waals surface area contributed by atoms with Gasteiger partial charge in [0.25, 0.3) is 0 Å². The molecule has 0 aromatic carbocycles. The molecule has 6 heteroatoms. The Balaban J connectivity index is 2.32. The minimum Gasteiger partial charge on any atom is -0.368 e. The highest BCUT2D eigenvalue weighted by atomic mass is 15.1. The van der Waals surface area contributed by atoms with E-state index < -0.39 is 0 Å². The molecule has 0 aliphatic rings. The van der Waals surface area contributed by atoms with Gasteiger partial charge in [0, 0.05) is 6.54 Å². The standard InChI is InChI=1S/C10H16N6/c1-10(2,3)4-12-7-6-8(14-5-13-6)16-9(11)15-7/h5H,4H2,1-3H3,(H4,11,12,13,14,15,16). The predicted molar refractivity (Wildman–Crippen MR) is 64.0 cm³/mol. The van der Waals surface area contributed by atoms with Crippen LogP contribution in [0.15, 0.2) is 6.33 Å². The number of aromatic amines is 1. The molecule has 0 aliphatic heterocycles. The molecule has 0 fully saturated rings. The van der Waals surface area contributed by atoms with Crippen molar-refractivity contribution in [2.45, 2.75) is 20.8 Å². The normalized spacial score (nSPS) is 11.9. The Morgan fingerprint density at radius 3 is 2.81 bits per heavy atom. The lowest BCUT2D eigenvalue weighted by molar-refractivity contribution is 0.442. The molecule has 0 atom stereocenters. The number of hydrogen-bond donors (Lipinski definition) is 3. The van der Waals surface area contributed by atoms with Gasteiger partial charge in [-0.2, -0.15) is 9.97 Å². The van der Waals surface area contributed by atoms with Crippen molar-refractivity contribution in [3.8, 4) is 0 Å². The molecule has 0 aliphatic carbocycles. The van der Waals surface area contributed by atoms with Crippen LogP contribution in [0.3, 0.4) is 0 Å². The van der Waals surface area contributed by atoms with Gasteiger partial charge in [-0.3, -0.25) is 0 Å². The summed E-state index contributed by atoms with van der Waals surface area (Å²) in [6.07, 6.45) is 1.58. The molecular weight excluding hydrogens is 204 g/mol. The lowest BCUT2D eigenvalue weighted by Crippen LogP contribution is -2.20. The third-order valence-electron chi connectivity index (χ3n) is 2.08. The van der Waals surface area contributed by atoms with Crippen LogP contribution in [0.1, 0.15) is 20.8 Å². The Hall–Kier alpha value is -1.85. The molecule has 0 radical (unpaired) electrons. The van der Waals surface area contributed by atoms with Gasteiger partial charge in [-0.25, -0.2) is 4.98 Å². The van der Waals surface area contributed by atoms with Gasteiger partial charge in [0.2, 0.25) is 5.95 Å². The van der Waals surface area contributed by atoms with Crippen LogP contribution < -0.4 is 11.1 Å². The Morgan fingerprint density at radius 2 is 2.12 bits per heavy atom. The summed E-state index contributed by atoms with van der Waals surface area (Å²) < 4.78 is 0. The van der Waals surface area contributed by atoms with Crippen LogP contribution in [-0.2, 0) is 0 Å². The first kappa shape index (κ1) is 10.7. The molecule has 0 saturated carbocycles. The van der Waals surface area contributed by atoms with E-state index in [4.69, 9.17) is 5.73 Å². The van der Waals surface area contributed by atoms with E-state index in [-0.39, 0.29) is 11.4 Å². The SMILES string of the molecule is CC(C)(C)CNc1nc(N)nc2[nH]cnc12. The van der Waals surface area contributed by atoms with Crippen LogP contribution in [-0.4, -0.2) is 26.5 Å². The summed E-state index contributed by atoms with van der Waals surface area (Å²) in [6.45, 7) is 7.23. The number of imidazole rings is 1. The zero-order chi connectivity index (χ0) is 11.8. The second kappa shape index (κ2) is 3.62. The summed E-state index contributed by atoms with van der Waals surface area (Å²) in [5.74, 6) is 0.923. The molecule has 16 heavy (non-hydrogen) atoms. The molecule has 2 aromatic heterocycles. The van der Waals surface area contributed by atoms with E-state index in [1.807, 2.05) is 0 Å². The summed E-state index contributed by atoms with van der Waals surface area (Å²) in [7, 11) is 0. The average Bonchev–Trinajstić information content (AvgIpc) is 2.60. The number of nitrogens with two attached hydrogens (primary N) is 1. The van der Waals surface area contributed by atoms with E-state index in [0.717, 1.165) is 12.1 Å². The molecule has 2 rings (SSSR count). The molecule has 0 saturated heterocycles. The van der Waals surface area contributed by atoms with Crippen LogP contribution in [0.25, 0.3) is 11.2 Å². The molecule has 86 valence electrons. The Bertz CT molecular complexity index is 495. The molecule has 2 aromatic rings. The summed E-state index contributed by atoms with van der Waals surface area (Å²) in [5, 5.41) is 3.24. The molecule has 0 spiro atoms. The van der Waals surface area contributed by atoms with E-state index in [0.29, 0.717) is 11.5 Å². The average molecular weight is 220 g/mol. The summed E-state index contributed by atoms with van der Waals surface area (Å²) >= 11 is 0. The van der Waals surface area contributed by atoms with Crippen molar-refractivity contribution >= 4 is 22.9 Å². The van der Waals surface area contributed by atoms with Gasteiger partial charge in [0.1, 0.15) is 5.52 Å². The third-order valence-corrected chi connectivity index (χ3v) is 2.08. The third kappa shape index (κ3) is 2.21. The van der Waals surface area contributed by atoms with E-state index >= 15 is 0 Å². The first-order chi connectivity index (χ1) is 7.46. The highest BCUT2D eigenvalue weighted by Gasteiger charge is 2.13. The second-order valence-corrected chi connectivity index (χ2v) is 4.94. The van der Waals surface area contributed by atoms with Gasteiger partial charge in [-0.15, -0.1) is 0 Å². The van der Waals surface area contributed by atoms with Crippen LogP contribution in [0.2, 0.25) is 0 Å². The van der Waals surface area contributed by atoms with E-state index in [2.05, 4.69) is 46.0 Å². The van der Waals surface area contributed by atoms with E-state index in [1.54, 1.807) is 6.33 Å². The lowest BCUT2D eigenvalue weighted by atomic mass is 9.97. The van der Waals surface area contributed by atoms with Gasteiger partial charge < -0.3 is 16.0 Å². The monoisotopic (exact) mass is 220 g/mol. The zero-order valence-corrected chi connectivity index (χ0v) is 9.70. The Labute approximate surface area is 93.7 Å². The number of nitrogens with zero attached hydrogens (tertiary/aromatic N) is 3. The maximum absolute atomic E-state index is 5.61. The summed E-state index contributed by atoms with van der Waals surface area (Å²) in [5.41, 5.74) is 7.16. The number of anilines is 2. The molecule has 0 amide bonds. The smallest absolute Gasteiger partial charge is 0.224 e. The largest absolute Gasteiger partial charge is 0.368 e. The van der Waals surface area contributed by atoms with Crippen LogP contribution >= 0.6 is 0 Å². The van der Waals surface area contributed by atoms with Crippen molar-refractivity contribution in [2.24, 2.45) is 5.41 Å². The Morgan fingerprint density at radius 1 is 1.38 bits per heavy atom. The summed E-state index contributed by atoms with van der Waals surface area (Å²) in [4.78, 5) is 15.3. The first-order valence-electron chi connectivity index (χ1n) is 5.16. The van der Waals surface area contributed by atoms with Crippen molar-refractivity contribution < 1.29 is 0 Å². The van der Waals surface area contributed by atoms with Crippen molar-refractivity contribution in [1.82, 2.24) is 19.9 Å². The van der Waals surface area contributed by atoms with Crippen molar-refractivity contribution in [3.63, 3.8) is 0 Å². The minimum atomic E-state index is 0.169. The fraction of sp³-hybridized carbons (Fsp3) is 0.500. The number of hydrogen-bond acceptors (Lipinski definition) is 5. The zero-order valence-electron chi connectivity index (χ0n) is 9.70. The van der Waals surface area contributed by atoms with Gasteiger partial charge in [0.15, 0.2) is 11.5 Å². The minimum absolute atomic E-state index is 0.169. The van der Waals surface area contributed by atoms with Crippen molar-refractivity contribution in [3.05, 3.63) is 6.33 Å². The maximum atomic E-state index is 5.61. The van der Waals surface area contributed by atoms with Crippen LogP contribution in [0.4, 0.5) is 11.8 Å². The van der Waals surface area contributed by atoms with Crippen LogP contribution in [0.5, 0.6) is 0 Å². The van der Waals surface area contributed by atoms with Crippen molar-refractivity contribution in [1.29, 1.82) is 0 Å². The quantitative estimate of drug-likeness (QED) is 0.711. The topological polar surface area (TPSA) is 92.5 Å². The van der Waals surface area contributed by atoms with Crippen LogP contribution in [0, 0.1) is 5.41 Å². The second-order valence-electron chi connectivity index (χ2n) is 4.94. The number of fused-ring (bicyclic) bond motifs is 1.